The molecule has 3 nitrogen and oxygen atoms in total. The zero-order chi connectivity index (χ0) is 37.3. The standard InChI is InChI=1S/C53H37N3/c1-6-17-38(18-7-1)40-29-32-46(33-30-40)55(47-28-16-27-44(35-47)39-19-8-2-9-20-39)48-34-31-45-36-50(41-21-10-3-11-22-41)56-53(49(45)37-48)51(42-23-12-4-13-24-42)52(54-56)43-25-14-5-15-26-43/h1-37H. The number of aromatic nitrogens is 2. The molecular weight excluding hydrogens is 679 g/mol. The van der Waals surface area contributed by atoms with E-state index in [9.17, 15) is 0 Å². The topological polar surface area (TPSA) is 20.5 Å². The van der Waals surface area contributed by atoms with E-state index in [1.807, 2.05) is 0 Å². The number of hydrogen-bond donors (Lipinski definition) is 0. The first-order valence-corrected chi connectivity index (χ1v) is 19.1. The summed E-state index contributed by atoms with van der Waals surface area (Å²) in [7, 11) is 0. The number of benzene rings is 8. The maximum Gasteiger partial charge on any atom is 0.101 e. The predicted octanol–water partition coefficient (Wildman–Crippen LogP) is 14.3. The van der Waals surface area contributed by atoms with E-state index in [-0.39, 0.29) is 0 Å². The highest BCUT2D eigenvalue weighted by molar-refractivity contribution is 6.10. The SMILES string of the molecule is c1ccc(-c2ccc(N(c3cccc(-c4ccccc4)c3)c3ccc4cc(-c5ccccc5)n5nc(-c6ccccc6)c(-c6ccccc6)c5c4c3)cc2)cc1. The normalized spacial score (nSPS) is 11.2. The van der Waals surface area contributed by atoms with Gasteiger partial charge in [0.2, 0.25) is 0 Å². The second kappa shape index (κ2) is 14.4. The Morgan fingerprint density at radius 3 is 1.45 bits per heavy atom. The Morgan fingerprint density at radius 1 is 0.339 bits per heavy atom. The van der Waals surface area contributed by atoms with Gasteiger partial charge in [0.15, 0.2) is 0 Å². The molecule has 2 aromatic heterocycles. The number of nitrogens with zero attached hydrogens (tertiary/aromatic N) is 3. The summed E-state index contributed by atoms with van der Waals surface area (Å²) >= 11 is 0. The average molecular weight is 716 g/mol. The summed E-state index contributed by atoms with van der Waals surface area (Å²) in [5, 5.41) is 7.74. The zero-order valence-corrected chi connectivity index (χ0v) is 30.7. The summed E-state index contributed by atoms with van der Waals surface area (Å²) in [6.45, 7) is 0. The molecule has 0 radical (unpaired) electrons. The van der Waals surface area contributed by atoms with E-state index in [1.165, 1.54) is 22.3 Å². The van der Waals surface area contributed by atoms with Gasteiger partial charge < -0.3 is 4.90 Å². The van der Waals surface area contributed by atoms with Crippen LogP contribution >= 0.6 is 0 Å². The Labute approximate surface area is 327 Å². The van der Waals surface area contributed by atoms with Gasteiger partial charge in [0.25, 0.3) is 0 Å². The average Bonchev–Trinajstić information content (AvgIpc) is 3.69. The molecule has 0 unspecified atom stereocenters. The number of pyridine rings is 1. The van der Waals surface area contributed by atoms with Crippen LogP contribution < -0.4 is 4.90 Å². The molecule has 10 rings (SSSR count). The Kier molecular flexibility index (Phi) is 8.51. The fraction of sp³-hybridized carbons (Fsp3) is 0. The van der Waals surface area contributed by atoms with E-state index in [1.54, 1.807) is 0 Å². The molecule has 0 aliphatic heterocycles. The highest BCUT2D eigenvalue weighted by atomic mass is 15.2. The number of anilines is 3. The van der Waals surface area contributed by atoms with E-state index in [0.717, 1.165) is 67.0 Å². The molecule has 0 N–H and O–H groups in total. The lowest BCUT2D eigenvalue weighted by molar-refractivity contribution is 0.979. The van der Waals surface area contributed by atoms with Gasteiger partial charge in [-0.3, -0.25) is 0 Å². The van der Waals surface area contributed by atoms with Crippen LogP contribution in [0.2, 0.25) is 0 Å². The first-order chi connectivity index (χ1) is 27.8. The van der Waals surface area contributed by atoms with Crippen LogP contribution in [-0.4, -0.2) is 9.61 Å². The summed E-state index contributed by atoms with van der Waals surface area (Å²) in [5.74, 6) is 0. The smallest absolute Gasteiger partial charge is 0.101 e. The van der Waals surface area contributed by atoms with Crippen molar-refractivity contribution in [3.05, 3.63) is 224 Å². The van der Waals surface area contributed by atoms with Crippen LogP contribution in [0.5, 0.6) is 0 Å². The summed E-state index contributed by atoms with van der Waals surface area (Å²) in [5.41, 5.74) is 15.5. The van der Waals surface area contributed by atoms with E-state index in [0.29, 0.717) is 0 Å². The molecule has 0 bridgehead atoms. The molecule has 0 amide bonds. The first-order valence-electron chi connectivity index (χ1n) is 19.1. The highest BCUT2D eigenvalue weighted by Gasteiger charge is 2.23. The molecule has 0 fully saturated rings. The molecule has 0 aliphatic rings. The summed E-state index contributed by atoms with van der Waals surface area (Å²) in [6.07, 6.45) is 0. The van der Waals surface area contributed by atoms with Crippen molar-refractivity contribution in [3.63, 3.8) is 0 Å². The summed E-state index contributed by atoms with van der Waals surface area (Å²) in [6, 6.07) is 79.9. The predicted molar refractivity (Wildman–Crippen MR) is 235 cm³/mol. The van der Waals surface area contributed by atoms with Crippen molar-refractivity contribution in [1.82, 2.24) is 9.61 Å². The van der Waals surface area contributed by atoms with Gasteiger partial charge in [-0.2, -0.15) is 5.10 Å². The molecule has 0 atom stereocenters. The quantitative estimate of drug-likeness (QED) is 0.156. The maximum atomic E-state index is 5.46. The van der Waals surface area contributed by atoms with Crippen LogP contribution in [-0.2, 0) is 0 Å². The molecule has 0 aliphatic carbocycles. The molecular formula is C53H37N3. The van der Waals surface area contributed by atoms with Crippen LogP contribution in [0.15, 0.2) is 224 Å². The van der Waals surface area contributed by atoms with Crippen molar-refractivity contribution in [2.24, 2.45) is 0 Å². The molecule has 0 saturated carbocycles. The monoisotopic (exact) mass is 715 g/mol. The van der Waals surface area contributed by atoms with Crippen molar-refractivity contribution in [1.29, 1.82) is 0 Å². The van der Waals surface area contributed by atoms with Crippen LogP contribution in [0.25, 0.3) is 72.2 Å². The van der Waals surface area contributed by atoms with Gasteiger partial charge >= 0.3 is 0 Å². The van der Waals surface area contributed by atoms with E-state index in [4.69, 9.17) is 5.10 Å². The molecule has 264 valence electrons. The third-order valence-electron chi connectivity index (χ3n) is 10.6. The van der Waals surface area contributed by atoms with Gasteiger partial charge in [-0.25, -0.2) is 4.52 Å². The van der Waals surface area contributed by atoms with Crippen LogP contribution in [0.1, 0.15) is 0 Å². The second-order valence-corrected chi connectivity index (χ2v) is 14.0. The van der Waals surface area contributed by atoms with Gasteiger partial charge in [-0.1, -0.05) is 182 Å². The van der Waals surface area contributed by atoms with Gasteiger partial charge in [0.1, 0.15) is 5.69 Å². The lowest BCUT2D eigenvalue weighted by Crippen LogP contribution is -2.10. The van der Waals surface area contributed by atoms with Gasteiger partial charge in [0.05, 0.1) is 11.2 Å². The number of fused-ring (bicyclic) bond motifs is 3. The Hall–Kier alpha value is -7.49. The number of hydrogen-bond acceptors (Lipinski definition) is 2. The zero-order valence-electron chi connectivity index (χ0n) is 30.7. The van der Waals surface area contributed by atoms with Crippen LogP contribution in [0.4, 0.5) is 17.1 Å². The minimum absolute atomic E-state index is 0.954. The van der Waals surface area contributed by atoms with Gasteiger partial charge in [-0.15, -0.1) is 0 Å². The Bertz CT molecular complexity index is 2920. The van der Waals surface area contributed by atoms with E-state index >= 15 is 0 Å². The third-order valence-corrected chi connectivity index (χ3v) is 10.6. The molecule has 56 heavy (non-hydrogen) atoms. The minimum atomic E-state index is 0.954. The van der Waals surface area contributed by atoms with Crippen molar-refractivity contribution in [2.75, 3.05) is 4.90 Å². The minimum Gasteiger partial charge on any atom is -0.310 e. The highest BCUT2D eigenvalue weighted by Crippen LogP contribution is 2.44. The number of rotatable bonds is 8. The molecule has 2 heterocycles. The summed E-state index contributed by atoms with van der Waals surface area (Å²) < 4.78 is 2.17. The first kappa shape index (κ1) is 33.1. The van der Waals surface area contributed by atoms with Crippen molar-refractivity contribution in [2.45, 2.75) is 0 Å². The van der Waals surface area contributed by atoms with Gasteiger partial charge in [-0.05, 0) is 75.7 Å². The lowest BCUT2D eigenvalue weighted by atomic mass is 9.96. The van der Waals surface area contributed by atoms with Crippen LogP contribution in [0, 0.1) is 0 Å². The lowest BCUT2D eigenvalue weighted by Gasteiger charge is -2.27. The second-order valence-electron chi connectivity index (χ2n) is 14.0. The van der Waals surface area contributed by atoms with Gasteiger partial charge in [0, 0.05) is 39.1 Å². The molecule has 3 heteroatoms. The largest absolute Gasteiger partial charge is 0.310 e. The fourth-order valence-electron chi connectivity index (χ4n) is 7.89. The molecule has 0 spiro atoms. The summed E-state index contributed by atoms with van der Waals surface area (Å²) in [4.78, 5) is 2.37. The van der Waals surface area contributed by atoms with E-state index < -0.39 is 0 Å². The molecule has 10 aromatic rings. The van der Waals surface area contributed by atoms with Crippen molar-refractivity contribution < 1.29 is 0 Å². The Morgan fingerprint density at radius 2 is 0.821 bits per heavy atom. The molecule has 8 aromatic carbocycles. The Balaban J connectivity index is 1.24. The molecule has 0 saturated heterocycles. The fourth-order valence-corrected chi connectivity index (χ4v) is 7.89. The van der Waals surface area contributed by atoms with Crippen LogP contribution in [0.3, 0.4) is 0 Å². The third kappa shape index (κ3) is 6.12. The van der Waals surface area contributed by atoms with Crippen molar-refractivity contribution in [3.8, 4) is 55.9 Å². The van der Waals surface area contributed by atoms with Crippen molar-refractivity contribution >= 4 is 33.4 Å². The maximum absolute atomic E-state index is 5.46. The van der Waals surface area contributed by atoms with E-state index in [2.05, 4.69) is 234 Å².